The van der Waals surface area contributed by atoms with Gasteiger partial charge in [0, 0.05) is 19.7 Å². The Morgan fingerprint density at radius 1 is 1.50 bits per heavy atom. The fourth-order valence-electron chi connectivity index (χ4n) is 2.28. The summed E-state index contributed by atoms with van der Waals surface area (Å²) in [6.45, 7) is 2.33. The molecule has 0 bridgehead atoms. The number of likely N-dealkylation sites (N-methyl/N-ethyl adjacent to an activating group) is 1. The van der Waals surface area contributed by atoms with Crippen molar-refractivity contribution >= 4 is 11.6 Å². The smallest absolute Gasteiger partial charge is 0.305 e. The van der Waals surface area contributed by atoms with Crippen molar-refractivity contribution in [3.8, 4) is 0 Å². The molecule has 1 fully saturated rings. The second-order valence-electron chi connectivity index (χ2n) is 4.73. The lowest BCUT2D eigenvalue weighted by Crippen LogP contribution is -2.33. The standard InChI is InChI=1S/C12H13FN2O3/c1-12(5-6-14(2)11(12)16)8-3-4-9(13)10(7-8)15(17)18/h3-4,7H,5-6H2,1-2H3. The zero-order chi connectivity index (χ0) is 13.5. The van der Waals surface area contributed by atoms with Crippen LogP contribution >= 0.6 is 0 Å². The molecule has 0 spiro atoms. The third-order valence-corrected chi connectivity index (χ3v) is 3.55. The van der Waals surface area contributed by atoms with Crippen molar-refractivity contribution in [3.63, 3.8) is 0 Å². The monoisotopic (exact) mass is 252 g/mol. The Balaban J connectivity index is 2.49. The molecule has 0 saturated carbocycles. The van der Waals surface area contributed by atoms with Crippen LogP contribution in [0.1, 0.15) is 18.9 Å². The fraction of sp³-hybridized carbons (Fsp3) is 0.417. The molecule has 1 amide bonds. The highest BCUT2D eigenvalue weighted by molar-refractivity contribution is 5.89. The van der Waals surface area contributed by atoms with Gasteiger partial charge in [0.25, 0.3) is 0 Å². The third kappa shape index (κ3) is 1.73. The number of hydrogen-bond acceptors (Lipinski definition) is 3. The molecule has 1 aromatic carbocycles. The summed E-state index contributed by atoms with van der Waals surface area (Å²) in [5, 5.41) is 10.7. The molecule has 1 atom stereocenters. The maximum Gasteiger partial charge on any atom is 0.305 e. The van der Waals surface area contributed by atoms with Crippen LogP contribution in [-0.2, 0) is 10.2 Å². The Morgan fingerprint density at radius 3 is 2.67 bits per heavy atom. The maximum absolute atomic E-state index is 13.3. The summed E-state index contributed by atoms with van der Waals surface area (Å²) in [5.41, 5.74) is -0.895. The predicted octanol–water partition coefficient (Wildman–Crippen LogP) is 1.85. The van der Waals surface area contributed by atoms with Crippen LogP contribution in [0.15, 0.2) is 18.2 Å². The average Bonchev–Trinajstić information content (AvgIpc) is 2.58. The molecule has 0 aliphatic carbocycles. The maximum atomic E-state index is 13.3. The van der Waals surface area contributed by atoms with Crippen LogP contribution in [0.5, 0.6) is 0 Å². The molecule has 0 N–H and O–H groups in total. The lowest BCUT2D eigenvalue weighted by molar-refractivity contribution is -0.387. The van der Waals surface area contributed by atoms with Crippen molar-refractivity contribution in [2.75, 3.05) is 13.6 Å². The molecular weight excluding hydrogens is 239 g/mol. The van der Waals surface area contributed by atoms with Gasteiger partial charge >= 0.3 is 5.69 Å². The number of nitrogens with zero attached hydrogens (tertiary/aromatic N) is 2. The first-order chi connectivity index (χ1) is 8.36. The van der Waals surface area contributed by atoms with Crippen molar-refractivity contribution in [2.24, 2.45) is 0 Å². The molecule has 2 rings (SSSR count). The van der Waals surface area contributed by atoms with Gasteiger partial charge in [-0.2, -0.15) is 4.39 Å². The van der Waals surface area contributed by atoms with E-state index in [1.165, 1.54) is 6.07 Å². The number of benzene rings is 1. The summed E-state index contributed by atoms with van der Waals surface area (Å²) in [4.78, 5) is 23.6. The molecule has 5 nitrogen and oxygen atoms in total. The molecule has 1 unspecified atom stereocenters. The van der Waals surface area contributed by atoms with Gasteiger partial charge < -0.3 is 4.90 Å². The highest BCUT2D eigenvalue weighted by Crippen LogP contribution is 2.36. The summed E-state index contributed by atoms with van der Waals surface area (Å²) in [6.07, 6.45) is 0.575. The lowest BCUT2D eigenvalue weighted by Gasteiger charge is -2.22. The van der Waals surface area contributed by atoms with Gasteiger partial charge in [-0.05, 0) is 25.0 Å². The molecule has 6 heteroatoms. The molecule has 0 radical (unpaired) electrons. The molecule has 1 heterocycles. The Labute approximate surface area is 103 Å². The minimum absolute atomic E-state index is 0.0941. The Hall–Kier alpha value is -1.98. The zero-order valence-electron chi connectivity index (χ0n) is 10.1. The van der Waals surface area contributed by atoms with Crippen molar-refractivity contribution in [1.29, 1.82) is 0 Å². The summed E-state index contributed by atoms with van der Waals surface area (Å²) < 4.78 is 13.3. The molecule has 1 aliphatic rings. The average molecular weight is 252 g/mol. The van der Waals surface area contributed by atoms with Gasteiger partial charge in [-0.1, -0.05) is 6.07 Å². The van der Waals surface area contributed by atoms with E-state index in [1.54, 1.807) is 18.9 Å². The normalized spacial score (nSPS) is 23.5. The van der Waals surface area contributed by atoms with Gasteiger partial charge in [-0.15, -0.1) is 0 Å². The fourth-order valence-corrected chi connectivity index (χ4v) is 2.28. The van der Waals surface area contributed by atoms with E-state index in [1.807, 2.05) is 0 Å². The van der Waals surface area contributed by atoms with Gasteiger partial charge in [0.15, 0.2) is 0 Å². The number of hydrogen-bond donors (Lipinski definition) is 0. The highest BCUT2D eigenvalue weighted by atomic mass is 19.1. The zero-order valence-corrected chi connectivity index (χ0v) is 10.1. The molecule has 18 heavy (non-hydrogen) atoms. The first-order valence-electron chi connectivity index (χ1n) is 5.56. The second-order valence-corrected chi connectivity index (χ2v) is 4.73. The van der Waals surface area contributed by atoms with Crippen LogP contribution in [0, 0.1) is 15.9 Å². The SMILES string of the molecule is CN1CCC(C)(c2ccc(F)c([N+](=O)[O-])c2)C1=O. The molecule has 96 valence electrons. The van der Waals surface area contributed by atoms with Crippen LogP contribution < -0.4 is 0 Å². The van der Waals surface area contributed by atoms with E-state index in [0.717, 1.165) is 12.1 Å². The van der Waals surface area contributed by atoms with Gasteiger partial charge in [0.1, 0.15) is 0 Å². The number of carbonyl (C=O) groups is 1. The molecule has 0 aromatic heterocycles. The van der Waals surface area contributed by atoms with Gasteiger partial charge in [0.2, 0.25) is 11.7 Å². The number of likely N-dealkylation sites (tertiary alicyclic amines) is 1. The van der Waals surface area contributed by atoms with E-state index in [-0.39, 0.29) is 5.91 Å². The van der Waals surface area contributed by atoms with Crippen molar-refractivity contribution in [3.05, 3.63) is 39.7 Å². The first-order valence-corrected chi connectivity index (χ1v) is 5.56. The Morgan fingerprint density at radius 2 is 2.17 bits per heavy atom. The van der Waals surface area contributed by atoms with E-state index < -0.39 is 21.8 Å². The number of rotatable bonds is 2. The van der Waals surface area contributed by atoms with E-state index in [2.05, 4.69) is 0 Å². The van der Waals surface area contributed by atoms with Crippen LogP contribution in [0.2, 0.25) is 0 Å². The number of carbonyl (C=O) groups excluding carboxylic acids is 1. The van der Waals surface area contributed by atoms with Crippen LogP contribution in [0.4, 0.5) is 10.1 Å². The topological polar surface area (TPSA) is 63.4 Å². The van der Waals surface area contributed by atoms with Crippen molar-refractivity contribution in [2.45, 2.75) is 18.8 Å². The highest BCUT2D eigenvalue weighted by Gasteiger charge is 2.43. The van der Waals surface area contributed by atoms with Crippen molar-refractivity contribution in [1.82, 2.24) is 4.90 Å². The Kier molecular flexibility index (Phi) is 2.80. The number of nitro benzene ring substituents is 1. The van der Waals surface area contributed by atoms with Crippen LogP contribution in [-0.4, -0.2) is 29.3 Å². The minimum Gasteiger partial charge on any atom is -0.345 e. The molecular formula is C12H13FN2O3. The van der Waals surface area contributed by atoms with E-state index in [4.69, 9.17) is 0 Å². The largest absolute Gasteiger partial charge is 0.345 e. The number of nitro groups is 1. The van der Waals surface area contributed by atoms with E-state index >= 15 is 0 Å². The van der Waals surface area contributed by atoms with Gasteiger partial charge in [-0.25, -0.2) is 0 Å². The van der Waals surface area contributed by atoms with Gasteiger partial charge in [-0.3, -0.25) is 14.9 Å². The van der Waals surface area contributed by atoms with E-state index in [0.29, 0.717) is 18.5 Å². The number of amides is 1. The summed E-state index contributed by atoms with van der Waals surface area (Å²) in [6, 6.07) is 3.65. The predicted molar refractivity (Wildman–Crippen MR) is 62.7 cm³/mol. The van der Waals surface area contributed by atoms with Crippen molar-refractivity contribution < 1.29 is 14.1 Å². The Bertz CT molecular complexity index is 532. The summed E-state index contributed by atoms with van der Waals surface area (Å²) in [7, 11) is 1.69. The second kappa shape index (κ2) is 4.04. The lowest BCUT2D eigenvalue weighted by atomic mass is 9.81. The number of halogens is 1. The minimum atomic E-state index is -0.883. The van der Waals surface area contributed by atoms with E-state index in [9.17, 15) is 19.3 Å². The molecule has 1 aromatic rings. The molecule has 1 saturated heterocycles. The third-order valence-electron chi connectivity index (χ3n) is 3.55. The van der Waals surface area contributed by atoms with Crippen LogP contribution in [0.3, 0.4) is 0 Å². The van der Waals surface area contributed by atoms with Crippen LogP contribution in [0.25, 0.3) is 0 Å². The molecule has 1 aliphatic heterocycles. The quantitative estimate of drug-likeness (QED) is 0.596. The summed E-state index contributed by atoms with van der Waals surface area (Å²) >= 11 is 0. The summed E-state index contributed by atoms with van der Waals surface area (Å²) in [5.74, 6) is -0.977. The first kappa shape index (κ1) is 12.5. The van der Waals surface area contributed by atoms with Gasteiger partial charge in [0.05, 0.1) is 10.3 Å².